The van der Waals surface area contributed by atoms with E-state index in [0.717, 1.165) is 31.0 Å². The summed E-state index contributed by atoms with van der Waals surface area (Å²) in [5.74, 6) is -0.103. The summed E-state index contributed by atoms with van der Waals surface area (Å²) in [6.45, 7) is 3.44. The van der Waals surface area contributed by atoms with Crippen LogP contribution in [0.15, 0.2) is 12.1 Å². The van der Waals surface area contributed by atoms with Crippen LogP contribution in [0.3, 0.4) is 0 Å². The maximum absolute atomic E-state index is 11.3. The number of aliphatic carboxylic acids is 1. The van der Waals surface area contributed by atoms with Gasteiger partial charge in [0.25, 0.3) is 0 Å². The third-order valence-electron chi connectivity index (χ3n) is 3.60. The average molecular weight is 277 g/mol. The lowest BCUT2D eigenvalue weighted by Gasteiger charge is -2.18. The summed E-state index contributed by atoms with van der Waals surface area (Å²) in [4.78, 5) is 28.4. The van der Waals surface area contributed by atoms with Gasteiger partial charge in [0.2, 0.25) is 5.91 Å². The molecule has 1 aromatic heterocycles. The molecule has 0 spiro atoms. The van der Waals surface area contributed by atoms with Crippen molar-refractivity contribution in [2.24, 2.45) is 11.7 Å². The minimum atomic E-state index is -0.756. The topological polar surface area (TPSA) is 96.5 Å². The molecule has 0 aromatic carbocycles. The van der Waals surface area contributed by atoms with E-state index in [1.165, 1.54) is 0 Å². The number of carboxylic acid groups (broad SMARTS) is 1. The highest BCUT2D eigenvalue weighted by atomic mass is 16.4. The van der Waals surface area contributed by atoms with Crippen molar-refractivity contribution in [1.82, 2.24) is 4.98 Å². The van der Waals surface area contributed by atoms with Gasteiger partial charge in [-0.15, -0.1) is 0 Å². The third-order valence-corrected chi connectivity index (χ3v) is 3.60. The number of nitrogens with two attached hydrogens (primary N) is 1. The molecule has 0 saturated carbocycles. The number of aryl methyl sites for hydroxylation is 1. The SMILES string of the molecule is Cc1cc(C(N)=O)cc(N2CCC(CCC(=O)O)C2)n1. The molecule has 1 amide bonds. The van der Waals surface area contributed by atoms with Crippen LogP contribution in [-0.4, -0.2) is 35.1 Å². The first-order chi connectivity index (χ1) is 9.45. The van der Waals surface area contributed by atoms with Crippen molar-refractivity contribution in [3.05, 3.63) is 23.4 Å². The molecule has 3 N–H and O–H groups in total. The predicted octanol–water partition coefficient (Wildman–Crippen LogP) is 1.18. The zero-order valence-electron chi connectivity index (χ0n) is 11.5. The van der Waals surface area contributed by atoms with Gasteiger partial charge in [0.15, 0.2) is 0 Å². The van der Waals surface area contributed by atoms with Gasteiger partial charge in [-0.1, -0.05) is 0 Å². The van der Waals surface area contributed by atoms with Crippen molar-refractivity contribution in [1.29, 1.82) is 0 Å². The molecule has 108 valence electrons. The average Bonchev–Trinajstić information content (AvgIpc) is 2.84. The highest BCUT2D eigenvalue weighted by Crippen LogP contribution is 2.26. The molecule has 0 aliphatic carbocycles. The lowest BCUT2D eigenvalue weighted by Crippen LogP contribution is -2.22. The van der Waals surface area contributed by atoms with Crippen LogP contribution in [0.25, 0.3) is 0 Å². The fourth-order valence-electron chi connectivity index (χ4n) is 2.56. The molecule has 2 heterocycles. The van der Waals surface area contributed by atoms with Gasteiger partial charge >= 0.3 is 5.97 Å². The molecule has 2 rings (SSSR count). The number of rotatable bonds is 5. The number of aromatic nitrogens is 1. The van der Waals surface area contributed by atoms with Gasteiger partial charge < -0.3 is 15.7 Å². The standard InChI is InChI=1S/C14H19N3O3/c1-9-6-11(14(15)20)7-12(16-9)17-5-4-10(8-17)2-3-13(18)19/h6-7,10H,2-5,8H2,1H3,(H2,15,20)(H,18,19). The van der Waals surface area contributed by atoms with Crippen molar-refractivity contribution in [2.75, 3.05) is 18.0 Å². The number of nitrogens with zero attached hydrogens (tertiary/aromatic N) is 2. The largest absolute Gasteiger partial charge is 0.481 e. The van der Waals surface area contributed by atoms with E-state index in [9.17, 15) is 9.59 Å². The second kappa shape index (κ2) is 5.90. The molecule has 0 radical (unpaired) electrons. The Labute approximate surface area is 117 Å². The number of carbonyl (C=O) groups is 2. The number of carboxylic acids is 1. The molecule has 0 bridgehead atoms. The lowest BCUT2D eigenvalue weighted by molar-refractivity contribution is -0.137. The second-order valence-corrected chi connectivity index (χ2v) is 5.25. The molecular weight excluding hydrogens is 258 g/mol. The van der Waals surface area contributed by atoms with Gasteiger partial charge in [-0.3, -0.25) is 9.59 Å². The van der Waals surface area contributed by atoms with E-state index in [1.54, 1.807) is 12.1 Å². The number of hydrogen-bond acceptors (Lipinski definition) is 4. The van der Waals surface area contributed by atoms with E-state index in [1.807, 2.05) is 6.92 Å². The van der Waals surface area contributed by atoms with Crippen LogP contribution in [-0.2, 0) is 4.79 Å². The molecule has 1 fully saturated rings. The summed E-state index contributed by atoms with van der Waals surface area (Å²) in [6, 6.07) is 3.37. The van der Waals surface area contributed by atoms with Gasteiger partial charge in [-0.2, -0.15) is 0 Å². The predicted molar refractivity (Wildman–Crippen MR) is 74.7 cm³/mol. The Kier molecular flexibility index (Phi) is 4.22. The second-order valence-electron chi connectivity index (χ2n) is 5.25. The summed E-state index contributed by atoms with van der Waals surface area (Å²) in [5.41, 5.74) is 6.52. The number of primary amides is 1. The zero-order valence-corrected chi connectivity index (χ0v) is 11.5. The number of carbonyl (C=O) groups excluding carboxylic acids is 1. The molecule has 6 heteroatoms. The van der Waals surface area contributed by atoms with Gasteiger partial charge in [0.1, 0.15) is 5.82 Å². The Morgan fingerprint density at radius 1 is 1.50 bits per heavy atom. The summed E-state index contributed by atoms with van der Waals surface area (Å²) in [7, 11) is 0. The summed E-state index contributed by atoms with van der Waals surface area (Å²) in [5, 5.41) is 8.71. The van der Waals surface area contributed by atoms with E-state index in [0.29, 0.717) is 17.9 Å². The van der Waals surface area contributed by atoms with Gasteiger partial charge in [-0.05, 0) is 37.8 Å². The van der Waals surface area contributed by atoms with E-state index in [-0.39, 0.29) is 6.42 Å². The van der Waals surface area contributed by atoms with Crippen LogP contribution in [0.4, 0.5) is 5.82 Å². The minimum absolute atomic E-state index is 0.201. The number of hydrogen-bond donors (Lipinski definition) is 2. The van der Waals surface area contributed by atoms with Crippen molar-refractivity contribution in [3.8, 4) is 0 Å². The maximum atomic E-state index is 11.3. The summed E-state index contributed by atoms with van der Waals surface area (Å²) >= 11 is 0. The number of anilines is 1. The Balaban J connectivity index is 2.06. The van der Waals surface area contributed by atoms with Crippen LogP contribution >= 0.6 is 0 Å². The van der Waals surface area contributed by atoms with E-state index >= 15 is 0 Å². The van der Waals surface area contributed by atoms with E-state index in [4.69, 9.17) is 10.8 Å². The summed E-state index contributed by atoms with van der Waals surface area (Å²) < 4.78 is 0. The monoisotopic (exact) mass is 277 g/mol. The Morgan fingerprint density at radius 3 is 2.90 bits per heavy atom. The van der Waals surface area contributed by atoms with Crippen molar-refractivity contribution >= 4 is 17.7 Å². The maximum Gasteiger partial charge on any atom is 0.303 e. The Bertz CT molecular complexity index is 530. The van der Waals surface area contributed by atoms with Crippen LogP contribution in [0.5, 0.6) is 0 Å². The van der Waals surface area contributed by atoms with Crippen LogP contribution in [0.2, 0.25) is 0 Å². The molecule has 1 saturated heterocycles. The number of pyridine rings is 1. The summed E-state index contributed by atoms with van der Waals surface area (Å²) in [6.07, 6.45) is 1.83. The van der Waals surface area contributed by atoms with Crippen LogP contribution in [0.1, 0.15) is 35.3 Å². The normalized spacial score (nSPS) is 18.2. The molecule has 1 unspecified atom stereocenters. The molecule has 1 aliphatic rings. The number of amides is 1. The first-order valence-electron chi connectivity index (χ1n) is 6.71. The minimum Gasteiger partial charge on any atom is -0.481 e. The van der Waals surface area contributed by atoms with Gasteiger partial charge in [0, 0.05) is 30.8 Å². The smallest absolute Gasteiger partial charge is 0.303 e. The van der Waals surface area contributed by atoms with Crippen molar-refractivity contribution < 1.29 is 14.7 Å². The molecule has 1 aliphatic heterocycles. The van der Waals surface area contributed by atoms with E-state index < -0.39 is 11.9 Å². The highest BCUT2D eigenvalue weighted by Gasteiger charge is 2.24. The lowest BCUT2D eigenvalue weighted by atomic mass is 10.0. The Morgan fingerprint density at radius 2 is 2.25 bits per heavy atom. The Hall–Kier alpha value is -2.11. The third kappa shape index (κ3) is 3.46. The fourth-order valence-corrected chi connectivity index (χ4v) is 2.56. The van der Waals surface area contributed by atoms with Crippen molar-refractivity contribution in [3.63, 3.8) is 0 Å². The van der Waals surface area contributed by atoms with Crippen LogP contribution in [0, 0.1) is 12.8 Å². The molecule has 20 heavy (non-hydrogen) atoms. The first kappa shape index (κ1) is 14.3. The van der Waals surface area contributed by atoms with Crippen LogP contribution < -0.4 is 10.6 Å². The van der Waals surface area contributed by atoms with Gasteiger partial charge in [-0.25, -0.2) is 4.98 Å². The van der Waals surface area contributed by atoms with E-state index in [2.05, 4.69) is 9.88 Å². The fraction of sp³-hybridized carbons (Fsp3) is 0.500. The molecule has 1 aromatic rings. The molecule has 1 atom stereocenters. The zero-order chi connectivity index (χ0) is 14.7. The van der Waals surface area contributed by atoms with Gasteiger partial charge in [0.05, 0.1) is 0 Å². The quantitative estimate of drug-likeness (QED) is 0.842. The van der Waals surface area contributed by atoms with Crippen molar-refractivity contribution in [2.45, 2.75) is 26.2 Å². The highest BCUT2D eigenvalue weighted by molar-refractivity contribution is 5.93. The first-order valence-corrected chi connectivity index (χ1v) is 6.71. The molecular formula is C14H19N3O3. The molecule has 6 nitrogen and oxygen atoms in total.